The van der Waals surface area contributed by atoms with Gasteiger partial charge in [0.1, 0.15) is 0 Å². The highest BCUT2D eigenvalue weighted by molar-refractivity contribution is 6.34. The lowest BCUT2D eigenvalue weighted by Gasteiger charge is -2.18. The first kappa shape index (κ1) is 16.1. The van der Waals surface area contributed by atoms with Crippen molar-refractivity contribution in [2.24, 2.45) is 0 Å². The SMILES string of the molecule is CC(C)NC(=O)c1cc(C2(C(F)F)CC2)c(F)c(F)c1Cl. The second-order valence-corrected chi connectivity index (χ2v) is 5.88. The largest absolute Gasteiger partial charge is 0.350 e. The number of amides is 1. The molecule has 0 radical (unpaired) electrons. The molecule has 0 saturated heterocycles. The van der Waals surface area contributed by atoms with Gasteiger partial charge in [-0.1, -0.05) is 11.6 Å². The Bertz CT molecular complexity index is 585. The maximum absolute atomic E-state index is 13.9. The van der Waals surface area contributed by atoms with Crippen molar-refractivity contribution in [1.82, 2.24) is 5.32 Å². The fourth-order valence-electron chi connectivity index (χ4n) is 2.21. The maximum Gasteiger partial charge on any atom is 0.253 e. The van der Waals surface area contributed by atoms with Gasteiger partial charge in [0.05, 0.1) is 16.0 Å². The minimum Gasteiger partial charge on any atom is -0.350 e. The van der Waals surface area contributed by atoms with Crippen molar-refractivity contribution in [2.75, 3.05) is 0 Å². The third-order valence-corrected chi connectivity index (χ3v) is 3.92. The van der Waals surface area contributed by atoms with Gasteiger partial charge in [0, 0.05) is 11.6 Å². The molecule has 1 aliphatic rings. The number of alkyl halides is 2. The number of hydrogen-bond donors (Lipinski definition) is 1. The van der Waals surface area contributed by atoms with Gasteiger partial charge in [-0.3, -0.25) is 4.79 Å². The third-order valence-electron chi connectivity index (χ3n) is 3.55. The second kappa shape index (κ2) is 5.48. The molecule has 2 rings (SSSR count). The predicted octanol–water partition coefficient (Wildman–Crippen LogP) is 4.05. The van der Waals surface area contributed by atoms with Crippen LogP contribution in [0.25, 0.3) is 0 Å². The van der Waals surface area contributed by atoms with E-state index in [1.807, 2.05) is 0 Å². The Morgan fingerprint density at radius 2 is 1.86 bits per heavy atom. The summed E-state index contributed by atoms with van der Waals surface area (Å²) < 4.78 is 54.0. The molecule has 21 heavy (non-hydrogen) atoms. The van der Waals surface area contributed by atoms with Crippen LogP contribution >= 0.6 is 11.6 Å². The van der Waals surface area contributed by atoms with Gasteiger partial charge in [-0.15, -0.1) is 0 Å². The molecule has 1 amide bonds. The van der Waals surface area contributed by atoms with Crippen molar-refractivity contribution >= 4 is 17.5 Å². The summed E-state index contributed by atoms with van der Waals surface area (Å²) in [4.78, 5) is 11.9. The molecular formula is C14H14ClF4NO. The van der Waals surface area contributed by atoms with E-state index in [4.69, 9.17) is 11.6 Å². The zero-order valence-electron chi connectivity index (χ0n) is 11.4. The highest BCUT2D eigenvalue weighted by Crippen LogP contribution is 2.54. The van der Waals surface area contributed by atoms with Gasteiger partial charge < -0.3 is 5.32 Å². The summed E-state index contributed by atoms with van der Waals surface area (Å²) in [5, 5.41) is 1.78. The molecule has 1 aliphatic carbocycles. The Balaban J connectivity index is 2.54. The van der Waals surface area contributed by atoms with Crippen molar-refractivity contribution in [1.29, 1.82) is 0 Å². The van der Waals surface area contributed by atoms with Gasteiger partial charge in [-0.2, -0.15) is 0 Å². The highest BCUT2D eigenvalue weighted by atomic mass is 35.5. The van der Waals surface area contributed by atoms with Crippen LogP contribution in [0.2, 0.25) is 5.02 Å². The second-order valence-electron chi connectivity index (χ2n) is 5.50. The normalized spacial score (nSPS) is 16.4. The smallest absolute Gasteiger partial charge is 0.253 e. The predicted molar refractivity (Wildman–Crippen MR) is 70.9 cm³/mol. The Labute approximate surface area is 124 Å². The molecular weight excluding hydrogens is 310 g/mol. The molecule has 0 aliphatic heterocycles. The Kier molecular flexibility index (Phi) is 4.19. The summed E-state index contributed by atoms with van der Waals surface area (Å²) in [6.45, 7) is 3.35. The molecule has 7 heteroatoms. The number of halogens is 5. The zero-order valence-corrected chi connectivity index (χ0v) is 12.2. The van der Waals surface area contributed by atoms with Crippen LogP contribution in [0.5, 0.6) is 0 Å². The van der Waals surface area contributed by atoms with E-state index in [1.165, 1.54) is 0 Å². The molecule has 0 bridgehead atoms. The van der Waals surface area contributed by atoms with Crippen LogP contribution in [-0.2, 0) is 5.41 Å². The molecule has 0 aromatic heterocycles. The molecule has 1 aromatic rings. The number of benzene rings is 1. The summed E-state index contributed by atoms with van der Waals surface area (Å²) in [6, 6.07) is 0.688. The third kappa shape index (κ3) is 2.73. The van der Waals surface area contributed by atoms with E-state index in [0.717, 1.165) is 6.07 Å². The van der Waals surface area contributed by atoms with Crippen molar-refractivity contribution in [3.05, 3.63) is 33.9 Å². The van der Waals surface area contributed by atoms with Gasteiger partial charge >= 0.3 is 0 Å². The van der Waals surface area contributed by atoms with Crippen LogP contribution in [0.4, 0.5) is 17.6 Å². The number of carbonyl (C=O) groups excluding carboxylic acids is 1. The number of rotatable bonds is 4. The minimum atomic E-state index is -2.83. The molecule has 0 atom stereocenters. The van der Waals surface area contributed by atoms with E-state index < -0.39 is 40.0 Å². The van der Waals surface area contributed by atoms with Crippen molar-refractivity contribution in [3.8, 4) is 0 Å². The molecule has 0 unspecified atom stereocenters. The minimum absolute atomic E-state index is 0.0495. The highest BCUT2D eigenvalue weighted by Gasteiger charge is 2.54. The summed E-state index contributed by atoms with van der Waals surface area (Å²) in [6.07, 6.45) is -2.73. The lowest BCUT2D eigenvalue weighted by Crippen LogP contribution is -2.31. The van der Waals surface area contributed by atoms with Crippen LogP contribution in [-0.4, -0.2) is 18.4 Å². The quantitative estimate of drug-likeness (QED) is 0.657. The van der Waals surface area contributed by atoms with Crippen molar-refractivity contribution in [3.63, 3.8) is 0 Å². The lowest BCUT2D eigenvalue weighted by atomic mass is 9.93. The van der Waals surface area contributed by atoms with Crippen LogP contribution in [0, 0.1) is 11.6 Å². The van der Waals surface area contributed by atoms with Gasteiger partial charge in [-0.05, 0) is 32.8 Å². The Morgan fingerprint density at radius 3 is 2.29 bits per heavy atom. The average molecular weight is 324 g/mol. The van der Waals surface area contributed by atoms with E-state index in [9.17, 15) is 22.4 Å². The number of carbonyl (C=O) groups is 1. The van der Waals surface area contributed by atoms with E-state index in [0.29, 0.717) is 0 Å². The lowest BCUT2D eigenvalue weighted by molar-refractivity contribution is 0.0934. The Hall–Kier alpha value is -1.30. The van der Waals surface area contributed by atoms with Crippen molar-refractivity contribution < 1.29 is 22.4 Å². The fraction of sp³-hybridized carbons (Fsp3) is 0.500. The number of hydrogen-bond acceptors (Lipinski definition) is 1. The van der Waals surface area contributed by atoms with Gasteiger partial charge in [0.25, 0.3) is 5.91 Å². The summed E-state index contributed by atoms with van der Waals surface area (Å²) in [7, 11) is 0. The van der Waals surface area contributed by atoms with Crippen LogP contribution in [0.1, 0.15) is 42.6 Å². The summed E-state index contributed by atoms with van der Waals surface area (Å²) >= 11 is 5.64. The standard InChI is InChI=1S/C14H14ClF4NO/c1-6(2)20-12(21)7-5-8(10(16)11(17)9(7)15)14(3-4-14)13(18)19/h5-6,13H,3-4H2,1-2H3,(H,20,21). The molecule has 0 heterocycles. The fourth-order valence-corrected chi connectivity index (χ4v) is 2.43. The number of nitrogens with one attached hydrogen (secondary N) is 1. The average Bonchev–Trinajstić information content (AvgIpc) is 3.16. The van der Waals surface area contributed by atoms with Gasteiger partial charge in [-0.25, -0.2) is 17.6 Å². The van der Waals surface area contributed by atoms with E-state index in [2.05, 4.69) is 5.32 Å². The first-order valence-corrected chi connectivity index (χ1v) is 6.85. The summed E-state index contributed by atoms with van der Waals surface area (Å²) in [5.74, 6) is -3.59. The Morgan fingerprint density at radius 1 is 1.29 bits per heavy atom. The monoisotopic (exact) mass is 323 g/mol. The summed E-state index contributed by atoms with van der Waals surface area (Å²) in [5.41, 5.74) is -2.51. The van der Waals surface area contributed by atoms with Crippen molar-refractivity contribution in [2.45, 2.75) is 44.6 Å². The maximum atomic E-state index is 13.9. The van der Waals surface area contributed by atoms with Crippen LogP contribution in [0.3, 0.4) is 0 Å². The molecule has 1 fully saturated rings. The van der Waals surface area contributed by atoms with E-state index >= 15 is 0 Å². The molecule has 116 valence electrons. The van der Waals surface area contributed by atoms with Crippen LogP contribution in [0.15, 0.2) is 6.07 Å². The zero-order chi connectivity index (χ0) is 15.9. The van der Waals surface area contributed by atoms with Gasteiger partial charge in [0.15, 0.2) is 11.6 Å². The molecule has 1 aromatic carbocycles. The molecule has 0 spiro atoms. The van der Waals surface area contributed by atoms with E-state index in [1.54, 1.807) is 13.8 Å². The molecule has 2 nitrogen and oxygen atoms in total. The molecule has 1 N–H and O–H groups in total. The van der Waals surface area contributed by atoms with Gasteiger partial charge in [0.2, 0.25) is 6.43 Å². The first-order valence-electron chi connectivity index (χ1n) is 6.47. The first-order chi connectivity index (χ1) is 9.70. The topological polar surface area (TPSA) is 29.1 Å². The molecule has 1 saturated carbocycles. The van der Waals surface area contributed by atoms with Crippen LogP contribution < -0.4 is 5.32 Å². The van der Waals surface area contributed by atoms with E-state index in [-0.39, 0.29) is 24.4 Å².